The maximum Gasteiger partial charge on any atom is 0.269 e. The van der Waals surface area contributed by atoms with Crippen LogP contribution in [0, 0.1) is 17.0 Å². The predicted octanol–water partition coefficient (Wildman–Crippen LogP) is 4.85. The quantitative estimate of drug-likeness (QED) is 0.508. The van der Waals surface area contributed by atoms with Gasteiger partial charge in [0.2, 0.25) is 0 Å². The molecule has 0 heterocycles. The molecule has 4 heteroatoms. The Labute approximate surface area is 121 Å². The van der Waals surface area contributed by atoms with E-state index in [9.17, 15) is 10.1 Å². The van der Waals surface area contributed by atoms with Crippen LogP contribution in [0.25, 0.3) is 10.8 Å². The summed E-state index contributed by atoms with van der Waals surface area (Å²) in [5.74, 6) is 1.36. The van der Waals surface area contributed by atoms with Gasteiger partial charge < -0.3 is 4.74 Å². The van der Waals surface area contributed by atoms with Crippen molar-refractivity contribution >= 4 is 16.5 Å². The molecule has 104 valence electrons. The zero-order valence-electron chi connectivity index (χ0n) is 11.4. The highest BCUT2D eigenvalue weighted by atomic mass is 16.6. The summed E-state index contributed by atoms with van der Waals surface area (Å²) in [6, 6.07) is 18.4. The van der Waals surface area contributed by atoms with Crippen LogP contribution in [0.15, 0.2) is 60.7 Å². The van der Waals surface area contributed by atoms with Crippen molar-refractivity contribution in [2.75, 3.05) is 0 Å². The summed E-state index contributed by atoms with van der Waals surface area (Å²) < 4.78 is 5.93. The Balaban J connectivity index is 2.01. The fourth-order valence-electron chi connectivity index (χ4n) is 2.26. The average Bonchev–Trinajstić information content (AvgIpc) is 2.49. The molecule has 21 heavy (non-hydrogen) atoms. The number of nitrogens with zero attached hydrogens (tertiary/aromatic N) is 1. The van der Waals surface area contributed by atoms with E-state index in [2.05, 4.69) is 0 Å². The second-order valence-electron chi connectivity index (χ2n) is 4.79. The van der Waals surface area contributed by atoms with Crippen LogP contribution < -0.4 is 4.74 Å². The molecule has 0 spiro atoms. The summed E-state index contributed by atoms with van der Waals surface area (Å²) in [4.78, 5) is 10.4. The van der Waals surface area contributed by atoms with Gasteiger partial charge in [0, 0.05) is 17.5 Å². The first kappa shape index (κ1) is 13.1. The molecule has 0 atom stereocenters. The predicted molar refractivity (Wildman–Crippen MR) is 81.9 cm³/mol. The fourth-order valence-corrected chi connectivity index (χ4v) is 2.26. The topological polar surface area (TPSA) is 52.4 Å². The number of aryl methyl sites for hydroxylation is 1. The Hall–Kier alpha value is -2.88. The lowest BCUT2D eigenvalue weighted by atomic mass is 10.1. The zero-order chi connectivity index (χ0) is 14.8. The van der Waals surface area contributed by atoms with Gasteiger partial charge in [0.15, 0.2) is 0 Å². The van der Waals surface area contributed by atoms with E-state index in [1.165, 1.54) is 12.1 Å². The number of hydrogen-bond donors (Lipinski definition) is 0. The lowest BCUT2D eigenvalue weighted by molar-refractivity contribution is -0.384. The first-order valence-corrected chi connectivity index (χ1v) is 6.56. The molecule has 0 fully saturated rings. The third-order valence-corrected chi connectivity index (χ3v) is 3.34. The van der Waals surface area contributed by atoms with Gasteiger partial charge in [0.05, 0.1) is 4.92 Å². The maximum atomic E-state index is 10.8. The molecule has 0 bridgehead atoms. The van der Waals surface area contributed by atoms with Gasteiger partial charge in [0.1, 0.15) is 11.5 Å². The summed E-state index contributed by atoms with van der Waals surface area (Å²) in [6.07, 6.45) is 0. The Bertz CT molecular complexity index is 822. The molecule has 3 rings (SSSR count). The molecule has 0 saturated heterocycles. The Morgan fingerprint density at radius 2 is 1.71 bits per heavy atom. The van der Waals surface area contributed by atoms with Crippen LogP contribution in [0.1, 0.15) is 5.56 Å². The number of nitro benzene ring substituents is 1. The standard InChI is InChI=1S/C17H13NO3/c1-12-11-14(18(19)20)9-10-16(12)21-17-8-4-6-13-5-2-3-7-15(13)17/h2-11H,1H3. The van der Waals surface area contributed by atoms with Crippen LogP contribution in [0.2, 0.25) is 0 Å². The Morgan fingerprint density at radius 1 is 0.952 bits per heavy atom. The summed E-state index contributed by atoms with van der Waals surface area (Å²) in [7, 11) is 0. The molecule has 0 amide bonds. The fraction of sp³-hybridized carbons (Fsp3) is 0.0588. The molecule has 0 aliphatic carbocycles. The molecule has 0 saturated carbocycles. The van der Waals surface area contributed by atoms with E-state index < -0.39 is 4.92 Å². The van der Waals surface area contributed by atoms with Crippen molar-refractivity contribution in [3.63, 3.8) is 0 Å². The molecule has 0 aliphatic rings. The number of benzene rings is 3. The van der Waals surface area contributed by atoms with Crippen molar-refractivity contribution in [3.8, 4) is 11.5 Å². The zero-order valence-corrected chi connectivity index (χ0v) is 11.4. The van der Waals surface area contributed by atoms with E-state index in [-0.39, 0.29) is 5.69 Å². The van der Waals surface area contributed by atoms with Gasteiger partial charge in [-0.3, -0.25) is 10.1 Å². The number of fused-ring (bicyclic) bond motifs is 1. The van der Waals surface area contributed by atoms with Crippen molar-refractivity contribution < 1.29 is 9.66 Å². The van der Waals surface area contributed by atoms with Gasteiger partial charge in [0.25, 0.3) is 5.69 Å². The largest absolute Gasteiger partial charge is 0.456 e. The third kappa shape index (κ3) is 2.56. The third-order valence-electron chi connectivity index (χ3n) is 3.34. The Morgan fingerprint density at radius 3 is 2.48 bits per heavy atom. The van der Waals surface area contributed by atoms with Crippen molar-refractivity contribution in [2.45, 2.75) is 6.92 Å². The summed E-state index contributed by atoms with van der Waals surface area (Å²) in [5, 5.41) is 12.9. The average molecular weight is 279 g/mol. The van der Waals surface area contributed by atoms with E-state index in [1.807, 2.05) is 42.5 Å². The van der Waals surface area contributed by atoms with Crippen LogP contribution in [-0.2, 0) is 0 Å². The van der Waals surface area contributed by atoms with Crippen molar-refractivity contribution in [3.05, 3.63) is 76.3 Å². The molecule has 4 nitrogen and oxygen atoms in total. The van der Waals surface area contributed by atoms with Crippen LogP contribution in [0.4, 0.5) is 5.69 Å². The number of ether oxygens (including phenoxy) is 1. The lowest BCUT2D eigenvalue weighted by Crippen LogP contribution is -1.92. The van der Waals surface area contributed by atoms with E-state index in [0.717, 1.165) is 22.1 Å². The summed E-state index contributed by atoms with van der Waals surface area (Å²) in [6.45, 7) is 1.80. The molecule has 0 unspecified atom stereocenters. The summed E-state index contributed by atoms with van der Waals surface area (Å²) >= 11 is 0. The molecule has 3 aromatic carbocycles. The molecular formula is C17H13NO3. The normalized spacial score (nSPS) is 10.5. The van der Waals surface area contributed by atoms with Gasteiger partial charge in [-0.05, 0) is 30.0 Å². The smallest absolute Gasteiger partial charge is 0.269 e. The molecule has 0 aliphatic heterocycles. The SMILES string of the molecule is Cc1cc([N+](=O)[O-])ccc1Oc1cccc2ccccc12. The van der Waals surface area contributed by atoms with Crippen molar-refractivity contribution in [1.82, 2.24) is 0 Å². The van der Waals surface area contributed by atoms with Crippen LogP contribution in [-0.4, -0.2) is 4.92 Å². The van der Waals surface area contributed by atoms with Gasteiger partial charge in [-0.15, -0.1) is 0 Å². The van der Waals surface area contributed by atoms with Crippen molar-refractivity contribution in [1.29, 1.82) is 0 Å². The number of rotatable bonds is 3. The van der Waals surface area contributed by atoms with E-state index in [0.29, 0.717) is 5.75 Å². The van der Waals surface area contributed by atoms with Gasteiger partial charge >= 0.3 is 0 Å². The monoisotopic (exact) mass is 279 g/mol. The van der Waals surface area contributed by atoms with E-state index >= 15 is 0 Å². The van der Waals surface area contributed by atoms with Gasteiger partial charge in [-0.2, -0.15) is 0 Å². The van der Waals surface area contributed by atoms with E-state index in [1.54, 1.807) is 13.0 Å². The van der Waals surface area contributed by atoms with Crippen LogP contribution in [0.5, 0.6) is 11.5 Å². The molecule has 0 aromatic heterocycles. The molecular weight excluding hydrogens is 266 g/mol. The van der Waals surface area contributed by atoms with E-state index in [4.69, 9.17) is 4.74 Å². The highest BCUT2D eigenvalue weighted by Crippen LogP contribution is 2.32. The summed E-state index contributed by atoms with van der Waals surface area (Å²) in [5.41, 5.74) is 0.801. The maximum absolute atomic E-state index is 10.8. The lowest BCUT2D eigenvalue weighted by Gasteiger charge is -2.11. The number of nitro groups is 1. The molecule has 0 N–H and O–H groups in total. The second kappa shape index (κ2) is 5.25. The minimum atomic E-state index is -0.408. The van der Waals surface area contributed by atoms with Crippen LogP contribution >= 0.6 is 0 Å². The first-order chi connectivity index (χ1) is 10.1. The van der Waals surface area contributed by atoms with Gasteiger partial charge in [-0.25, -0.2) is 0 Å². The first-order valence-electron chi connectivity index (χ1n) is 6.56. The highest BCUT2D eigenvalue weighted by Gasteiger charge is 2.10. The minimum Gasteiger partial charge on any atom is -0.456 e. The van der Waals surface area contributed by atoms with Gasteiger partial charge in [-0.1, -0.05) is 36.4 Å². The highest BCUT2D eigenvalue weighted by molar-refractivity contribution is 5.88. The number of non-ortho nitro benzene ring substituents is 1. The Kier molecular flexibility index (Phi) is 3.28. The van der Waals surface area contributed by atoms with Crippen molar-refractivity contribution in [2.24, 2.45) is 0 Å². The molecule has 3 aromatic rings. The van der Waals surface area contributed by atoms with Crippen LogP contribution in [0.3, 0.4) is 0 Å². The minimum absolute atomic E-state index is 0.0674. The molecule has 0 radical (unpaired) electrons. The second-order valence-corrected chi connectivity index (χ2v) is 4.79. The number of hydrogen-bond acceptors (Lipinski definition) is 3.